The molecule has 1 aliphatic rings. The van der Waals surface area contributed by atoms with Crippen LogP contribution in [0.3, 0.4) is 0 Å². The van der Waals surface area contributed by atoms with Crippen LogP contribution < -0.4 is 14.4 Å². The van der Waals surface area contributed by atoms with Gasteiger partial charge in [-0.15, -0.1) is 0 Å². The Kier molecular flexibility index (Phi) is 5.63. The van der Waals surface area contributed by atoms with Crippen molar-refractivity contribution >= 4 is 21.6 Å². The van der Waals surface area contributed by atoms with E-state index in [-0.39, 0.29) is 0 Å². The summed E-state index contributed by atoms with van der Waals surface area (Å²) in [6.07, 6.45) is 0. The third kappa shape index (κ3) is 4.02. The zero-order chi connectivity index (χ0) is 16.9. The average Bonchev–Trinajstić information content (AvgIpc) is 2.62. The summed E-state index contributed by atoms with van der Waals surface area (Å²) in [5.41, 5.74) is 2.54. The molecular formula is C19H23BrN2O2. The maximum absolute atomic E-state index is 5.32. The van der Waals surface area contributed by atoms with E-state index in [0.29, 0.717) is 0 Å². The lowest BCUT2D eigenvalue weighted by molar-refractivity contribution is 0.249. The van der Waals surface area contributed by atoms with Gasteiger partial charge in [-0.3, -0.25) is 4.90 Å². The van der Waals surface area contributed by atoms with Crippen LogP contribution in [0.4, 0.5) is 5.69 Å². The van der Waals surface area contributed by atoms with Crippen molar-refractivity contribution in [2.24, 2.45) is 0 Å². The van der Waals surface area contributed by atoms with Crippen LogP contribution in [-0.4, -0.2) is 45.3 Å². The topological polar surface area (TPSA) is 24.9 Å². The molecule has 128 valence electrons. The monoisotopic (exact) mass is 390 g/mol. The largest absolute Gasteiger partial charge is 0.497 e. The van der Waals surface area contributed by atoms with E-state index < -0.39 is 0 Å². The van der Waals surface area contributed by atoms with Crippen molar-refractivity contribution in [3.63, 3.8) is 0 Å². The maximum atomic E-state index is 5.32. The first-order chi connectivity index (χ1) is 11.7. The molecule has 1 saturated heterocycles. The predicted molar refractivity (Wildman–Crippen MR) is 101 cm³/mol. The molecule has 1 fully saturated rings. The fourth-order valence-corrected chi connectivity index (χ4v) is 3.63. The quantitative estimate of drug-likeness (QED) is 0.775. The molecule has 5 heteroatoms. The van der Waals surface area contributed by atoms with Gasteiger partial charge in [0.1, 0.15) is 11.5 Å². The van der Waals surface area contributed by atoms with Crippen LogP contribution in [0.5, 0.6) is 11.5 Å². The molecule has 2 aromatic rings. The number of ether oxygens (including phenoxy) is 2. The van der Waals surface area contributed by atoms with Crippen LogP contribution in [-0.2, 0) is 6.54 Å². The Morgan fingerprint density at radius 2 is 1.75 bits per heavy atom. The normalized spacial score (nSPS) is 15.4. The zero-order valence-corrected chi connectivity index (χ0v) is 15.8. The Morgan fingerprint density at radius 1 is 0.958 bits per heavy atom. The summed E-state index contributed by atoms with van der Waals surface area (Å²) in [7, 11) is 3.40. The van der Waals surface area contributed by atoms with Crippen LogP contribution in [0, 0.1) is 0 Å². The zero-order valence-electron chi connectivity index (χ0n) is 14.2. The molecule has 3 rings (SSSR count). The molecule has 0 atom stereocenters. The SMILES string of the molecule is COc1cccc(N2CCN(Cc3ccc(OC)c(Br)c3)CC2)c1. The molecule has 2 aromatic carbocycles. The third-order valence-electron chi connectivity index (χ3n) is 4.41. The van der Waals surface area contributed by atoms with Crippen LogP contribution in [0.1, 0.15) is 5.56 Å². The van der Waals surface area contributed by atoms with E-state index in [2.05, 4.69) is 56.1 Å². The van der Waals surface area contributed by atoms with E-state index >= 15 is 0 Å². The number of rotatable bonds is 5. The van der Waals surface area contributed by atoms with Gasteiger partial charge in [0, 0.05) is 44.5 Å². The van der Waals surface area contributed by atoms with Gasteiger partial charge in [-0.1, -0.05) is 12.1 Å². The number of hydrogen-bond acceptors (Lipinski definition) is 4. The second-order valence-corrected chi connectivity index (χ2v) is 6.79. The molecule has 24 heavy (non-hydrogen) atoms. The fraction of sp³-hybridized carbons (Fsp3) is 0.368. The highest BCUT2D eigenvalue weighted by molar-refractivity contribution is 9.10. The molecule has 1 heterocycles. The van der Waals surface area contributed by atoms with E-state index in [4.69, 9.17) is 9.47 Å². The molecule has 1 aliphatic heterocycles. The van der Waals surface area contributed by atoms with Gasteiger partial charge in [0.2, 0.25) is 0 Å². The summed E-state index contributed by atoms with van der Waals surface area (Å²) in [5.74, 6) is 1.79. The number of anilines is 1. The van der Waals surface area contributed by atoms with E-state index in [0.717, 1.165) is 48.7 Å². The Bertz CT molecular complexity index is 685. The molecule has 0 aromatic heterocycles. The summed E-state index contributed by atoms with van der Waals surface area (Å²) in [6, 6.07) is 14.6. The number of benzene rings is 2. The smallest absolute Gasteiger partial charge is 0.133 e. The van der Waals surface area contributed by atoms with Gasteiger partial charge < -0.3 is 14.4 Å². The number of hydrogen-bond donors (Lipinski definition) is 0. The molecule has 0 amide bonds. The van der Waals surface area contributed by atoms with Crippen molar-refractivity contribution in [2.75, 3.05) is 45.3 Å². The molecule has 4 nitrogen and oxygen atoms in total. The highest BCUT2D eigenvalue weighted by atomic mass is 79.9. The molecule has 0 radical (unpaired) electrons. The molecule has 0 spiro atoms. The standard InChI is InChI=1S/C19H23BrN2O2/c1-23-17-5-3-4-16(13-17)22-10-8-21(9-11-22)14-15-6-7-19(24-2)18(20)12-15/h3-7,12-13H,8-11,14H2,1-2H3. The molecule has 0 unspecified atom stereocenters. The third-order valence-corrected chi connectivity index (χ3v) is 5.03. The lowest BCUT2D eigenvalue weighted by atomic mass is 10.2. The predicted octanol–water partition coefficient (Wildman–Crippen LogP) is 3.79. The number of piperazine rings is 1. The van der Waals surface area contributed by atoms with Crippen LogP contribution >= 0.6 is 15.9 Å². The van der Waals surface area contributed by atoms with Crippen molar-refractivity contribution in [1.82, 2.24) is 4.90 Å². The minimum absolute atomic E-state index is 0.876. The Balaban J connectivity index is 1.58. The summed E-state index contributed by atoms with van der Waals surface area (Å²) in [4.78, 5) is 4.91. The van der Waals surface area contributed by atoms with E-state index in [1.54, 1.807) is 14.2 Å². The molecule has 0 saturated carbocycles. The average molecular weight is 391 g/mol. The second-order valence-electron chi connectivity index (χ2n) is 5.93. The number of methoxy groups -OCH3 is 2. The van der Waals surface area contributed by atoms with E-state index in [9.17, 15) is 0 Å². The number of halogens is 1. The Labute approximate surface area is 152 Å². The van der Waals surface area contributed by atoms with Gasteiger partial charge in [-0.05, 0) is 45.8 Å². The minimum Gasteiger partial charge on any atom is -0.497 e. The van der Waals surface area contributed by atoms with Crippen molar-refractivity contribution in [3.8, 4) is 11.5 Å². The van der Waals surface area contributed by atoms with Gasteiger partial charge in [-0.25, -0.2) is 0 Å². The van der Waals surface area contributed by atoms with Crippen molar-refractivity contribution < 1.29 is 9.47 Å². The molecule has 0 N–H and O–H groups in total. The van der Waals surface area contributed by atoms with Gasteiger partial charge in [0.15, 0.2) is 0 Å². The van der Waals surface area contributed by atoms with Crippen LogP contribution in [0.25, 0.3) is 0 Å². The van der Waals surface area contributed by atoms with Gasteiger partial charge >= 0.3 is 0 Å². The van der Waals surface area contributed by atoms with Crippen LogP contribution in [0.15, 0.2) is 46.9 Å². The first-order valence-corrected chi connectivity index (χ1v) is 8.92. The summed E-state index contributed by atoms with van der Waals surface area (Å²) in [6.45, 7) is 5.14. The van der Waals surface area contributed by atoms with E-state index in [1.165, 1.54) is 11.3 Å². The summed E-state index contributed by atoms with van der Waals surface area (Å²) >= 11 is 3.56. The Morgan fingerprint density at radius 3 is 2.42 bits per heavy atom. The highest BCUT2D eigenvalue weighted by Gasteiger charge is 2.18. The van der Waals surface area contributed by atoms with E-state index in [1.807, 2.05) is 12.1 Å². The fourth-order valence-electron chi connectivity index (χ4n) is 3.04. The Hall–Kier alpha value is -1.72. The summed E-state index contributed by atoms with van der Waals surface area (Å²) in [5, 5.41) is 0. The molecule has 0 aliphatic carbocycles. The number of nitrogens with zero attached hydrogens (tertiary/aromatic N) is 2. The molecule has 0 bridgehead atoms. The minimum atomic E-state index is 0.876. The van der Waals surface area contributed by atoms with Crippen LogP contribution in [0.2, 0.25) is 0 Å². The van der Waals surface area contributed by atoms with Crippen molar-refractivity contribution in [1.29, 1.82) is 0 Å². The second kappa shape index (κ2) is 7.90. The van der Waals surface area contributed by atoms with Gasteiger partial charge in [0.05, 0.1) is 18.7 Å². The summed E-state index contributed by atoms with van der Waals surface area (Å²) < 4.78 is 11.6. The highest BCUT2D eigenvalue weighted by Crippen LogP contribution is 2.27. The maximum Gasteiger partial charge on any atom is 0.133 e. The van der Waals surface area contributed by atoms with Crippen molar-refractivity contribution in [3.05, 3.63) is 52.5 Å². The molecular weight excluding hydrogens is 368 g/mol. The first kappa shape index (κ1) is 17.1. The van der Waals surface area contributed by atoms with Gasteiger partial charge in [0.25, 0.3) is 0 Å². The lowest BCUT2D eigenvalue weighted by Gasteiger charge is -2.36. The lowest BCUT2D eigenvalue weighted by Crippen LogP contribution is -2.45. The first-order valence-electron chi connectivity index (χ1n) is 8.13. The van der Waals surface area contributed by atoms with Crippen molar-refractivity contribution in [2.45, 2.75) is 6.54 Å². The van der Waals surface area contributed by atoms with Gasteiger partial charge in [-0.2, -0.15) is 0 Å².